The maximum atomic E-state index is 12.8. The zero-order chi connectivity index (χ0) is 18.8. The van der Waals surface area contributed by atoms with Crippen LogP contribution in [0.2, 0.25) is 0 Å². The second-order valence-electron chi connectivity index (χ2n) is 6.87. The first-order valence-electron chi connectivity index (χ1n) is 9.40. The lowest BCUT2D eigenvalue weighted by atomic mass is 10.0. The molecule has 2 aromatic carbocycles. The van der Waals surface area contributed by atoms with Crippen LogP contribution in [0.5, 0.6) is 17.2 Å². The Hall–Kier alpha value is -2.79. The number of phenolic OH excluding ortho intramolecular Hbond substituents is 1. The molecule has 2 aromatic rings. The van der Waals surface area contributed by atoms with Gasteiger partial charge in [-0.2, -0.15) is 0 Å². The number of ether oxygens (including phenoxy) is 2. The van der Waals surface area contributed by atoms with Crippen LogP contribution in [-0.4, -0.2) is 35.5 Å². The van der Waals surface area contributed by atoms with E-state index < -0.39 is 0 Å². The maximum absolute atomic E-state index is 12.8. The van der Waals surface area contributed by atoms with E-state index in [0.717, 1.165) is 24.4 Å². The maximum Gasteiger partial charge on any atom is 0.231 e. The molecular formula is C22H23NO4. The number of Topliss-reactive ketones (excluding diaryl/α,β-unsaturated/α-hetero) is 1. The zero-order valence-electron chi connectivity index (χ0n) is 15.4. The number of hydrogen-bond acceptors (Lipinski definition) is 5. The molecule has 1 fully saturated rings. The van der Waals surface area contributed by atoms with Crippen molar-refractivity contribution < 1.29 is 19.4 Å². The molecule has 0 aliphatic carbocycles. The molecule has 1 saturated heterocycles. The fourth-order valence-electron chi connectivity index (χ4n) is 3.59. The van der Waals surface area contributed by atoms with E-state index in [1.54, 1.807) is 18.2 Å². The zero-order valence-corrected chi connectivity index (χ0v) is 15.4. The van der Waals surface area contributed by atoms with Crippen LogP contribution in [0.15, 0.2) is 42.2 Å². The van der Waals surface area contributed by atoms with Crippen LogP contribution in [0.25, 0.3) is 6.08 Å². The number of hydrogen-bond donors (Lipinski definition) is 1. The van der Waals surface area contributed by atoms with Gasteiger partial charge in [0.05, 0.1) is 17.7 Å². The Kier molecular flexibility index (Phi) is 4.86. The first-order valence-corrected chi connectivity index (χ1v) is 9.40. The number of ketones is 1. The molecule has 4 rings (SSSR count). The van der Waals surface area contributed by atoms with Gasteiger partial charge in [-0.3, -0.25) is 9.69 Å². The first kappa shape index (κ1) is 17.6. The number of carbonyl (C=O) groups is 1. The Labute approximate surface area is 158 Å². The van der Waals surface area contributed by atoms with Crippen molar-refractivity contribution in [3.05, 3.63) is 58.8 Å². The molecule has 1 N–H and O–H groups in total. The van der Waals surface area contributed by atoms with E-state index in [0.29, 0.717) is 30.0 Å². The van der Waals surface area contributed by atoms with Crippen LogP contribution in [0.4, 0.5) is 0 Å². The summed E-state index contributed by atoms with van der Waals surface area (Å²) < 4.78 is 11.4. The van der Waals surface area contributed by atoms with Crippen LogP contribution in [-0.2, 0) is 6.54 Å². The highest BCUT2D eigenvalue weighted by Gasteiger charge is 2.32. The highest BCUT2D eigenvalue weighted by Crippen LogP contribution is 2.40. The van der Waals surface area contributed by atoms with Crippen molar-refractivity contribution in [2.75, 3.05) is 19.7 Å². The molecule has 5 heteroatoms. The summed E-state index contributed by atoms with van der Waals surface area (Å²) in [6, 6.07) is 10.7. The summed E-state index contributed by atoms with van der Waals surface area (Å²) in [6.45, 7) is 5.16. The summed E-state index contributed by atoms with van der Waals surface area (Å²) in [5.74, 6) is 1.59. The van der Waals surface area contributed by atoms with Gasteiger partial charge >= 0.3 is 0 Å². The second-order valence-corrected chi connectivity index (χ2v) is 6.87. The summed E-state index contributed by atoms with van der Waals surface area (Å²) in [4.78, 5) is 15.0. The van der Waals surface area contributed by atoms with Crippen LogP contribution < -0.4 is 9.47 Å². The van der Waals surface area contributed by atoms with Crippen molar-refractivity contribution in [2.45, 2.75) is 26.3 Å². The summed E-state index contributed by atoms with van der Waals surface area (Å²) >= 11 is 0. The molecule has 0 spiro atoms. The van der Waals surface area contributed by atoms with Crippen molar-refractivity contribution in [1.29, 1.82) is 0 Å². The Morgan fingerprint density at radius 2 is 1.89 bits per heavy atom. The number of fused-ring (bicyclic) bond motifs is 1. The molecule has 2 heterocycles. The summed E-state index contributed by atoms with van der Waals surface area (Å²) in [7, 11) is 0. The predicted octanol–water partition coefficient (Wildman–Crippen LogP) is 4.00. The van der Waals surface area contributed by atoms with Crippen LogP contribution >= 0.6 is 0 Å². The van der Waals surface area contributed by atoms with E-state index in [4.69, 9.17) is 9.47 Å². The SMILES string of the molecule is CCOc1ccc(/C=C2\Oc3c(ccc(O)c3CN3CCCC3)C2=O)cc1. The molecule has 0 atom stereocenters. The van der Waals surface area contributed by atoms with Gasteiger partial charge in [0.2, 0.25) is 5.78 Å². The number of aromatic hydroxyl groups is 1. The van der Waals surface area contributed by atoms with E-state index in [9.17, 15) is 9.90 Å². The first-order chi connectivity index (χ1) is 13.2. The van der Waals surface area contributed by atoms with E-state index in [2.05, 4.69) is 4.90 Å². The highest BCUT2D eigenvalue weighted by atomic mass is 16.5. The smallest absolute Gasteiger partial charge is 0.231 e. The normalized spacial score (nSPS) is 18.0. The molecule has 2 aliphatic heterocycles. The van der Waals surface area contributed by atoms with Gasteiger partial charge in [0.1, 0.15) is 17.2 Å². The van der Waals surface area contributed by atoms with Gasteiger partial charge in [-0.1, -0.05) is 12.1 Å². The van der Waals surface area contributed by atoms with Crippen LogP contribution in [0, 0.1) is 0 Å². The van der Waals surface area contributed by atoms with Crippen molar-refractivity contribution >= 4 is 11.9 Å². The molecule has 0 aromatic heterocycles. The third-order valence-electron chi connectivity index (χ3n) is 4.99. The van der Waals surface area contributed by atoms with Crippen molar-refractivity contribution in [3.8, 4) is 17.2 Å². The molecule has 0 saturated carbocycles. The van der Waals surface area contributed by atoms with E-state index in [1.807, 2.05) is 31.2 Å². The average Bonchev–Trinajstić information content (AvgIpc) is 3.28. The van der Waals surface area contributed by atoms with Gasteiger partial charge in [-0.15, -0.1) is 0 Å². The number of allylic oxidation sites excluding steroid dienone is 1. The monoisotopic (exact) mass is 365 g/mol. The molecule has 27 heavy (non-hydrogen) atoms. The predicted molar refractivity (Wildman–Crippen MR) is 103 cm³/mol. The van der Waals surface area contributed by atoms with E-state index in [-0.39, 0.29) is 17.3 Å². The average molecular weight is 365 g/mol. The Bertz CT molecular complexity index is 880. The lowest BCUT2D eigenvalue weighted by molar-refractivity contribution is 0.101. The molecule has 0 unspecified atom stereocenters. The summed E-state index contributed by atoms with van der Waals surface area (Å²) in [5, 5.41) is 10.3. The number of benzene rings is 2. The summed E-state index contributed by atoms with van der Waals surface area (Å²) in [6.07, 6.45) is 4.06. The number of rotatable bonds is 5. The third-order valence-corrected chi connectivity index (χ3v) is 4.99. The minimum atomic E-state index is -0.151. The Morgan fingerprint density at radius 1 is 1.15 bits per heavy atom. The standard InChI is InChI=1S/C22H23NO4/c1-2-26-16-7-5-15(6-8-16)13-20-21(25)17-9-10-19(24)18(22(17)27-20)14-23-11-3-4-12-23/h5-10,13,24H,2-4,11-12,14H2,1H3/b20-13-. The second kappa shape index (κ2) is 7.45. The van der Waals surface area contributed by atoms with Gasteiger partial charge in [0.25, 0.3) is 0 Å². The van der Waals surface area contributed by atoms with Gasteiger partial charge in [-0.25, -0.2) is 0 Å². The van der Waals surface area contributed by atoms with E-state index in [1.165, 1.54) is 12.8 Å². The summed E-state index contributed by atoms with van der Waals surface area (Å²) in [5.41, 5.74) is 2.07. The number of phenols is 1. The Morgan fingerprint density at radius 3 is 2.59 bits per heavy atom. The van der Waals surface area contributed by atoms with Gasteiger partial charge in [0, 0.05) is 6.54 Å². The van der Waals surface area contributed by atoms with Crippen LogP contribution in [0.1, 0.15) is 41.3 Å². The van der Waals surface area contributed by atoms with Crippen molar-refractivity contribution in [1.82, 2.24) is 4.90 Å². The van der Waals surface area contributed by atoms with Crippen LogP contribution in [0.3, 0.4) is 0 Å². The Balaban J connectivity index is 1.61. The molecule has 0 amide bonds. The fraction of sp³-hybridized carbons (Fsp3) is 0.318. The fourth-order valence-corrected chi connectivity index (χ4v) is 3.59. The topological polar surface area (TPSA) is 59.0 Å². The number of likely N-dealkylation sites (tertiary alicyclic amines) is 1. The number of nitrogens with zero attached hydrogens (tertiary/aromatic N) is 1. The van der Waals surface area contributed by atoms with E-state index >= 15 is 0 Å². The number of carbonyl (C=O) groups excluding carboxylic acids is 1. The molecule has 140 valence electrons. The minimum Gasteiger partial charge on any atom is -0.507 e. The quantitative estimate of drug-likeness (QED) is 0.812. The molecule has 5 nitrogen and oxygen atoms in total. The van der Waals surface area contributed by atoms with Gasteiger partial charge in [-0.05, 0) is 68.8 Å². The minimum absolute atomic E-state index is 0.151. The van der Waals surface area contributed by atoms with Gasteiger partial charge < -0.3 is 14.6 Å². The molecular weight excluding hydrogens is 342 g/mol. The molecule has 2 aliphatic rings. The third kappa shape index (κ3) is 3.55. The van der Waals surface area contributed by atoms with Crippen molar-refractivity contribution in [2.24, 2.45) is 0 Å². The lowest BCUT2D eigenvalue weighted by Crippen LogP contribution is -2.18. The lowest BCUT2D eigenvalue weighted by Gasteiger charge is -2.17. The molecule has 0 bridgehead atoms. The molecule has 0 radical (unpaired) electrons. The van der Waals surface area contributed by atoms with Crippen molar-refractivity contribution in [3.63, 3.8) is 0 Å². The largest absolute Gasteiger partial charge is 0.507 e. The van der Waals surface area contributed by atoms with Gasteiger partial charge in [0.15, 0.2) is 5.76 Å². The highest BCUT2D eigenvalue weighted by molar-refractivity contribution is 6.15.